The number of carbonyl (C=O) groups excluding carboxylic acids is 1. The maximum absolute atomic E-state index is 12.6. The summed E-state index contributed by atoms with van der Waals surface area (Å²) in [6, 6.07) is 8.97. The minimum absolute atomic E-state index is 0.149. The summed E-state index contributed by atoms with van der Waals surface area (Å²) in [7, 11) is 0. The van der Waals surface area contributed by atoms with Gasteiger partial charge in [0.1, 0.15) is 0 Å². The molecule has 1 amide bonds. The molecule has 0 radical (unpaired) electrons. The van der Waals surface area contributed by atoms with E-state index in [1.165, 1.54) is 30.3 Å². The van der Waals surface area contributed by atoms with Crippen molar-refractivity contribution in [3.63, 3.8) is 0 Å². The standard InChI is InChI=1S/C16H13F3N2O4/c17-16(18,19)12-3-1-2-11(8-12)15(23)20-9-14(22)10-4-6-13(7-5-10)21(24)25/h1-8,14,22H,9H2,(H,20,23). The van der Waals surface area contributed by atoms with Crippen molar-refractivity contribution in [2.24, 2.45) is 0 Å². The molecule has 1 atom stereocenters. The van der Waals surface area contributed by atoms with Crippen LogP contribution in [0.5, 0.6) is 0 Å². The Morgan fingerprint density at radius 2 is 1.84 bits per heavy atom. The molecule has 0 bridgehead atoms. The molecule has 2 aromatic rings. The van der Waals surface area contributed by atoms with E-state index in [1.54, 1.807) is 0 Å². The van der Waals surface area contributed by atoms with Crippen LogP contribution in [0.4, 0.5) is 18.9 Å². The van der Waals surface area contributed by atoms with E-state index in [-0.39, 0.29) is 17.8 Å². The number of carbonyl (C=O) groups is 1. The highest BCUT2D eigenvalue weighted by atomic mass is 19.4. The van der Waals surface area contributed by atoms with Crippen LogP contribution >= 0.6 is 0 Å². The van der Waals surface area contributed by atoms with Crippen molar-refractivity contribution < 1.29 is 28.0 Å². The summed E-state index contributed by atoms with van der Waals surface area (Å²) < 4.78 is 37.9. The van der Waals surface area contributed by atoms with Crippen LogP contribution < -0.4 is 5.32 Å². The van der Waals surface area contributed by atoms with Crippen molar-refractivity contribution in [3.8, 4) is 0 Å². The quantitative estimate of drug-likeness (QED) is 0.637. The van der Waals surface area contributed by atoms with Gasteiger partial charge >= 0.3 is 6.18 Å². The summed E-state index contributed by atoms with van der Waals surface area (Å²) in [6.07, 6.45) is -5.72. The molecule has 0 aliphatic heterocycles. The van der Waals surface area contributed by atoms with E-state index in [9.17, 15) is 33.2 Å². The van der Waals surface area contributed by atoms with Crippen LogP contribution in [0, 0.1) is 10.1 Å². The molecule has 2 N–H and O–H groups in total. The van der Waals surface area contributed by atoms with E-state index in [1.807, 2.05) is 0 Å². The number of aliphatic hydroxyl groups excluding tert-OH is 1. The van der Waals surface area contributed by atoms with E-state index >= 15 is 0 Å². The Morgan fingerprint density at radius 3 is 2.40 bits per heavy atom. The van der Waals surface area contributed by atoms with Gasteiger partial charge in [0, 0.05) is 24.2 Å². The number of nitrogens with zero attached hydrogens (tertiary/aromatic N) is 1. The van der Waals surface area contributed by atoms with Crippen LogP contribution in [0.15, 0.2) is 48.5 Å². The Hall–Kier alpha value is -2.94. The molecular formula is C16H13F3N2O4. The second kappa shape index (κ2) is 7.31. The van der Waals surface area contributed by atoms with E-state index in [0.29, 0.717) is 11.6 Å². The zero-order valence-electron chi connectivity index (χ0n) is 12.7. The molecule has 0 aromatic heterocycles. The van der Waals surface area contributed by atoms with Crippen molar-refractivity contribution in [2.75, 3.05) is 6.54 Å². The van der Waals surface area contributed by atoms with Gasteiger partial charge in [-0.25, -0.2) is 0 Å². The zero-order valence-corrected chi connectivity index (χ0v) is 12.7. The minimum atomic E-state index is -4.56. The normalized spacial score (nSPS) is 12.5. The van der Waals surface area contributed by atoms with Gasteiger partial charge in [0.2, 0.25) is 0 Å². The first-order valence-electron chi connectivity index (χ1n) is 7.06. The van der Waals surface area contributed by atoms with Crippen molar-refractivity contribution in [3.05, 3.63) is 75.3 Å². The second-order valence-electron chi connectivity index (χ2n) is 5.15. The van der Waals surface area contributed by atoms with Crippen LogP contribution in [0.2, 0.25) is 0 Å². The first kappa shape index (κ1) is 18.4. The number of nitrogens with one attached hydrogen (secondary N) is 1. The first-order chi connectivity index (χ1) is 11.7. The number of benzene rings is 2. The number of amides is 1. The lowest BCUT2D eigenvalue weighted by molar-refractivity contribution is -0.384. The summed E-state index contributed by atoms with van der Waals surface area (Å²) in [4.78, 5) is 21.9. The highest BCUT2D eigenvalue weighted by Gasteiger charge is 2.30. The third-order valence-corrected chi connectivity index (χ3v) is 3.40. The van der Waals surface area contributed by atoms with Crippen molar-refractivity contribution in [2.45, 2.75) is 12.3 Å². The summed E-state index contributed by atoms with van der Waals surface area (Å²) in [5.74, 6) is -0.771. The number of rotatable bonds is 5. The molecule has 9 heteroatoms. The number of halogens is 3. The Bertz CT molecular complexity index is 776. The lowest BCUT2D eigenvalue weighted by atomic mass is 10.1. The number of hydrogen-bond acceptors (Lipinski definition) is 4. The van der Waals surface area contributed by atoms with Gasteiger partial charge in [-0.05, 0) is 35.9 Å². The van der Waals surface area contributed by atoms with Crippen LogP contribution in [-0.2, 0) is 6.18 Å². The Balaban J connectivity index is 2.00. The monoisotopic (exact) mass is 354 g/mol. The Labute approximate surface area is 140 Å². The van der Waals surface area contributed by atoms with Crippen molar-refractivity contribution >= 4 is 11.6 Å². The van der Waals surface area contributed by atoms with Gasteiger partial charge in [0.15, 0.2) is 0 Å². The summed E-state index contributed by atoms with van der Waals surface area (Å²) in [5.41, 5.74) is -0.958. The summed E-state index contributed by atoms with van der Waals surface area (Å²) in [5, 5.41) is 22.8. The molecule has 25 heavy (non-hydrogen) atoms. The third-order valence-electron chi connectivity index (χ3n) is 3.40. The van der Waals surface area contributed by atoms with Crippen LogP contribution in [0.25, 0.3) is 0 Å². The number of hydrogen-bond donors (Lipinski definition) is 2. The summed E-state index contributed by atoms with van der Waals surface area (Å²) in [6.45, 7) is -0.257. The van der Waals surface area contributed by atoms with E-state index in [2.05, 4.69) is 5.32 Å². The molecular weight excluding hydrogens is 341 g/mol. The van der Waals surface area contributed by atoms with Gasteiger partial charge in [-0.2, -0.15) is 13.2 Å². The van der Waals surface area contributed by atoms with Gasteiger partial charge in [-0.3, -0.25) is 14.9 Å². The van der Waals surface area contributed by atoms with Gasteiger partial charge in [-0.1, -0.05) is 6.07 Å². The van der Waals surface area contributed by atoms with Gasteiger partial charge in [0.25, 0.3) is 11.6 Å². The highest BCUT2D eigenvalue weighted by Crippen LogP contribution is 2.29. The fourth-order valence-electron chi connectivity index (χ4n) is 2.06. The van der Waals surface area contributed by atoms with Crippen molar-refractivity contribution in [1.82, 2.24) is 5.32 Å². The average Bonchev–Trinajstić information content (AvgIpc) is 2.58. The molecule has 0 aliphatic rings. The number of non-ortho nitro benzene ring substituents is 1. The predicted octanol–water partition coefficient (Wildman–Crippen LogP) is 3.08. The zero-order chi connectivity index (χ0) is 18.6. The lowest BCUT2D eigenvalue weighted by Gasteiger charge is -2.13. The van der Waals surface area contributed by atoms with Crippen LogP contribution in [-0.4, -0.2) is 22.5 Å². The molecule has 132 valence electrons. The first-order valence-corrected chi connectivity index (χ1v) is 7.06. The van der Waals surface area contributed by atoms with Gasteiger partial charge < -0.3 is 10.4 Å². The fraction of sp³-hybridized carbons (Fsp3) is 0.188. The molecule has 1 unspecified atom stereocenters. The number of alkyl halides is 3. The molecule has 0 aliphatic carbocycles. The Kier molecular flexibility index (Phi) is 5.38. The summed E-state index contributed by atoms with van der Waals surface area (Å²) >= 11 is 0. The molecule has 2 aromatic carbocycles. The maximum atomic E-state index is 12.6. The predicted molar refractivity (Wildman–Crippen MR) is 81.8 cm³/mol. The second-order valence-corrected chi connectivity index (χ2v) is 5.15. The molecule has 6 nitrogen and oxygen atoms in total. The van der Waals surface area contributed by atoms with E-state index in [4.69, 9.17) is 0 Å². The van der Waals surface area contributed by atoms with Gasteiger partial charge in [-0.15, -0.1) is 0 Å². The molecule has 0 saturated carbocycles. The number of aliphatic hydroxyl groups is 1. The molecule has 0 spiro atoms. The highest BCUT2D eigenvalue weighted by molar-refractivity contribution is 5.94. The average molecular weight is 354 g/mol. The lowest BCUT2D eigenvalue weighted by Crippen LogP contribution is -2.28. The van der Waals surface area contributed by atoms with E-state index in [0.717, 1.165) is 12.1 Å². The van der Waals surface area contributed by atoms with Gasteiger partial charge in [0.05, 0.1) is 16.6 Å². The third kappa shape index (κ3) is 4.77. The molecule has 0 heterocycles. The molecule has 2 rings (SSSR count). The van der Waals surface area contributed by atoms with Crippen LogP contribution in [0.1, 0.15) is 27.6 Å². The number of nitro groups is 1. The molecule has 0 saturated heterocycles. The smallest absolute Gasteiger partial charge is 0.387 e. The minimum Gasteiger partial charge on any atom is -0.387 e. The van der Waals surface area contributed by atoms with Crippen molar-refractivity contribution in [1.29, 1.82) is 0 Å². The molecule has 0 fully saturated rings. The van der Waals surface area contributed by atoms with Crippen LogP contribution in [0.3, 0.4) is 0 Å². The fourth-order valence-corrected chi connectivity index (χ4v) is 2.06. The van der Waals surface area contributed by atoms with E-state index < -0.39 is 28.7 Å². The largest absolute Gasteiger partial charge is 0.416 e. The maximum Gasteiger partial charge on any atom is 0.416 e. The Morgan fingerprint density at radius 1 is 1.20 bits per heavy atom. The SMILES string of the molecule is O=C(NCC(O)c1ccc([N+](=O)[O-])cc1)c1cccc(C(F)(F)F)c1. The topological polar surface area (TPSA) is 92.5 Å². The number of nitro benzene ring substituents is 1.